The van der Waals surface area contributed by atoms with Gasteiger partial charge in [-0.1, -0.05) is 12.1 Å². The fourth-order valence-electron chi connectivity index (χ4n) is 4.29. The van der Waals surface area contributed by atoms with E-state index in [1.165, 1.54) is 12.1 Å². The first-order valence-electron chi connectivity index (χ1n) is 9.33. The second-order valence-electron chi connectivity index (χ2n) is 7.56. The van der Waals surface area contributed by atoms with Gasteiger partial charge in [0.25, 0.3) is 0 Å². The Kier molecular flexibility index (Phi) is 5.74. The highest BCUT2D eigenvalue weighted by Crippen LogP contribution is 2.32. The predicted octanol–water partition coefficient (Wildman–Crippen LogP) is 3.44. The fourth-order valence-corrected chi connectivity index (χ4v) is 4.29. The average molecular weight is 349 g/mol. The largest absolute Gasteiger partial charge is 0.388 e. The number of ether oxygens (including phenoxy) is 1. The van der Waals surface area contributed by atoms with Crippen LogP contribution in [0.3, 0.4) is 0 Å². The summed E-state index contributed by atoms with van der Waals surface area (Å²) in [6.07, 6.45) is 3.49. The van der Waals surface area contributed by atoms with Crippen LogP contribution in [0.4, 0.5) is 4.39 Å². The van der Waals surface area contributed by atoms with Gasteiger partial charge in [0.15, 0.2) is 0 Å². The van der Waals surface area contributed by atoms with Crippen LogP contribution in [0.2, 0.25) is 0 Å². The standard InChI is InChI=1S/C20H28FNO3/c1-13-10-16(11-14(2)25-13)20(24)22-9-3-4-18(22)12-19(23)15-5-7-17(21)8-6-15/h5-8,13-14,16,18-19,23H,3-4,9-12H2,1-2H3. The normalized spacial score (nSPS) is 31.1. The summed E-state index contributed by atoms with van der Waals surface area (Å²) in [6, 6.07) is 6.01. The van der Waals surface area contributed by atoms with Crippen molar-refractivity contribution >= 4 is 5.91 Å². The molecule has 2 aliphatic rings. The van der Waals surface area contributed by atoms with Crippen molar-refractivity contribution in [3.8, 4) is 0 Å². The first-order chi connectivity index (χ1) is 11.9. The number of benzene rings is 1. The predicted molar refractivity (Wildman–Crippen MR) is 93.4 cm³/mol. The van der Waals surface area contributed by atoms with Gasteiger partial charge in [-0.25, -0.2) is 4.39 Å². The number of carbonyl (C=O) groups excluding carboxylic acids is 1. The van der Waals surface area contributed by atoms with E-state index in [4.69, 9.17) is 4.74 Å². The van der Waals surface area contributed by atoms with Gasteiger partial charge in [-0.05, 0) is 63.6 Å². The van der Waals surface area contributed by atoms with E-state index in [-0.39, 0.29) is 35.9 Å². The van der Waals surface area contributed by atoms with Gasteiger partial charge in [-0.2, -0.15) is 0 Å². The van der Waals surface area contributed by atoms with Gasteiger partial charge < -0.3 is 14.7 Å². The Morgan fingerprint density at radius 3 is 2.56 bits per heavy atom. The van der Waals surface area contributed by atoms with Crippen LogP contribution in [-0.4, -0.2) is 40.7 Å². The van der Waals surface area contributed by atoms with Crippen molar-refractivity contribution in [1.82, 2.24) is 4.90 Å². The number of hydrogen-bond donors (Lipinski definition) is 1. The summed E-state index contributed by atoms with van der Waals surface area (Å²) in [5, 5.41) is 10.5. The molecule has 0 bridgehead atoms. The molecule has 4 unspecified atom stereocenters. The molecule has 138 valence electrons. The Labute approximate surface area is 149 Å². The van der Waals surface area contributed by atoms with Crippen LogP contribution in [0, 0.1) is 11.7 Å². The summed E-state index contributed by atoms with van der Waals surface area (Å²) in [7, 11) is 0. The molecule has 2 heterocycles. The summed E-state index contributed by atoms with van der Waals surface area (Å²) in [6.45, 7) is 4.81. The topological polar surface area (TPSA) is 49.8 Å². The van der Waals surface area contributed by atoms with Crippen LogP contribution >= 0.6 is 0 Å². The maximum Gasteiger partial charge on any atom is 0.226 e. The number of aliphatic hydroxyl groups is 1. The number of nitrogens with zero attached hydrogens (tertiary/aromatic N) is 1. The minimum absolute atomic E-state index is 0.0160. The molecule has 1 aromatic carbocycles. The summed E-state index contributed by atoms with van der Waals surface area (Å²) in [4.78, 5) is 15.0. The monoisotopic (exact) mass is 349 g/mol. The molecule has 2 aliphatic heterocycles. The summed E-state index contributed by atoms with van der Waals surface area (Å²) in [5.74, 6) is -0.0884. The number of aliphatic hydroxyl groups excluding tert-OH is 1. The van der Waals surface area contributed by atoms with Crippen LogP contribution in [0.5, 0.6) is 0 Å². The molecule has 5 heteroatoms. The molecular formula is C20H28FNO3. The number of likely N-dealkylation sites (tertiary alicyclic amines) is 1. The maximum absolute atomic E-state index is 13.0. The van der Waals surface area contributed by atoms with E-state index in [1.54, 1.807) is 12.1 Å². The second-order valence-corrected chi connectivity index (χ2v) is 7.56. The fraction of sp³-hybridized carbons (Fsp3) is 0.650. The van der Waals surface area contributed by atoms with Crippen molar-refractivity contribution in [2.45, 2.75) is 70.3 Å². The second kappa shape index (κ2) is 7.83. The van der Waals surface area contributed by atoms with E-state index in [0.29, 0.717) is 12.0 Å². The number of amides is 1. The minimum Gasteiger partial charge on any atom is -0.388 e. The first-order valence-corrected chi connectivity index (χ1v) is 9.33. The number of rotatable bonds is 4. The Morgan fingerprint density at radius 2 is 1.92 bits per heavy atom. The van der Waals surface area contributed by atoms with E-state index in [0.717, 1.165) is 32.2 Å². The third kappa shape index (κ3) is 4.39. The molecule has 0 aliphatic carbocycles. The number of hydrogen-bond acceptors (Lipinski definition) is 3. The lowest BCUT2D eigenvalue weighted by Crippen LogP contribution is -2.44. The third-order valence-electron chi connectivity index (χ3n) is 5.46. The SMILES string of the molecule is CC1CC(C(=O)N2CCCC2CC(O)c2ccc(F)cc2)CC(C)O1. The van der Waals surface area contributed by atoms with Crippen LogP contribution in [0.1, 0.15) is 57.6 Å². The van der Waals surface area contributed by atoms with E-state index >= 15 is 0 Å². The maximum atomic E-state index is 13.0. The average Bonchev–Trinajstić information content (AvgIpc) is 3.01. The van der Waals surface area contributed by atoms with Crippen LogP contribution in [-0.2, 0) is 9.53 Å². The van der Waals surface area contributed by atoms with Crippen molar-refractivity contribution in [2.24, 2.45) is 5.92 Å². The molecule has 25 heavy (non-hydrogen) atoms. The lowest BCUT2D eigenvalue weighted by Gasteiger charge is -2.35. The Bertz CT molecular complexity index is 581. The number of halogens is 1. The molecule has 3 rings (SSSR count). The third-order valence-corrected chi connectivity index (χ3v) is 5.46. The van der Waals surface area contributed by atoms with Crippen LogP contribution < -0.4 is 0 Å². The Hall–Kier alpha value is -1.46. The van der Waals surface area contributed by atoms with Gasteiger partial charge >= 0.3 is 0 Å². The summed E-state index contributed by atoms with van der Waals surface area (Å²) in [5.41, 5.74) is 0.703. The molecule has 0 spiro atoms. The van der Waals surface area contributed by atoms with E-state index in [2.05, 4.69) is 0 Å². The highest BCUT2D eigenvalue weighted by molar-refractivity contribution is 5.79. The van der Waals surface area contributed by atoms with Gasteiger partial charge in [0.05, 0.1) is 18.3 Å². The van der Waals surface area contributed by atoms with E-state index in [9.17, 15) is 14.3 Å². The quantitative estimate of drug-likeness (QED) is 0.906. The van der Waals surface area contributed by atoms with Crippen molar-refractivity contribution in [3.05, 3.63) is 35.6 Å². The summed E-state index contributed by atoms with van der Waals surface area (Å²) < 4.78 is 18.8. The molecule has 2 saturated heterocycles. The molecule has 0 aromatic heterocycles. The van der Waals surface area contributed by atoms with Crippen LogP contribution in [0.15, 0.2) is 24.3 Å². The van der Waals surface area contributed by atoms with Gasteiger partial charge in [0, 0.05) is 18.5 Å². The smallest absolute Gasteiger partial charge is 0.226 e. The van der Waals surface area contributed by atoms with E-state index < -0.39 is 6.10 Å². The molecule has 1 amide bonds. The number of carbonyl (C=O) groups is 1. The van der Waals surface area contributed by atoms with Crippen molar-refractivity contribution in [2.75, 3.05) is 6.54 Å². The van der Waals surface area contributed by atoms with E-state index in [1.807, 2.05) is 18.7 Å². The molecule has 1 aromatic rings. The van der Waals surface area contributed by atoms with Crippen molar-refractivity contribution in [1.29, 1.82) is 0 Å². The van der Waals surface area contributed by atoms with Crippen LogP contribution in [0.25, 0.3) is 0 Å². The molecule has 2 fully saturated rings. The molecule has 1 N–H and O–H groups in total. The Balaban J connectivity index is 1.63. The van der Waals surface area contributed by atoms with Gasteiger partial charge in [0.1, 0.15) is 5.82 Å². The summed E-state index contributed by atoms with van der Waals surface area (Å²) >= 11 is 0. The molecule has 0 radical (unpaired) electrons. The first kappa shape index (κ1) is 18.3. The Morgan fingerprint density at radius 1 is 1.28 bits per heavy atom. The lowest BCUT2D eigenvalue weighted by atomic mass is 9.90. The highest BCUT2D eigenvalue weighted by Gasteiger charge is 2.37. The molecule has 4 nitrogen and oxygen atoms in total. The molecular weight excluding hydrogens is 321 g/mol. The van der Waals surface area contributed by atoms with Gasteiger partial charge in [-0.3, -0.25) is 4.79 Å². The minimum atomic E-state index is -0.675. The lowest BCUT2D eigenvalue weighted by molar-refractivity contribution is -0.144. The zero-order chi connectivity index (χ0) is 18.0. The zero-order valence-corrected chi connectivity index (χ0v) is 15.0. The highest BCUT2D eigenvalue weighted by atomic mass is 19.1. The molecule has 4 atom stereocenters. The van der Waals surface area contributed by atoms with Gasteiger partial charge in [0.2, 0.25) is 5.91 Å². The van der Waals surface area contributed by atoms with Gasteiger partial charge in [-0.15, -0.1) is 0 Å². The molecule has 0 saturated carbocycles. The van der Waals surface area contributed by atoms with Crippen molar-refractivity contribution in [3.63, 3.8) is 0 Å². The van der Waals surface area contributed by atoms with Crippen molar-refractivity contribution < 1.29 is 19.0 Å². The zero-order valence-electron chi connectivity index (χ0n) is 15.0.